The zero-order chi connectivity index (χ0) is 14.8. The van der Waals surface area contributed by atoms with Crippen molar-refractivity contribution in [3.8, 4) is 0 Å². The summed E-state index contributed by atoms with van der Waals surface area (Å²) in [7, 11) is -3.26. The molecule has 0 saturated carbocycles. The molecular weight excluding hydrogens is 314 g/mol. The first-order valence-corrected chi connectivity index (χ1v) is 9.66. The Morgan fingerprint density at radius 1 is 1.40 bits per heavy atom. The first kappa shape index (κ1) is 15.7. The van der Waals surface area contributed by atoms with Gasteiger partial charge >= 0.3 is 0 Å². The zero-order valence-electron chi connectivity index (χ0n) is 11.2. The average molecular weight is 331 g/mol. The number of hydrogen-bond donors (Lipinski definition) is 1. The molecule has 0 radical (unpaired) electrons. The largest absolute Gasteiger partial charge is 0.320 e. The van der Waals surface area contributed by atoms with Gasteiger partial charge in [0.25, 0.3) is 5.91 Å². The van der Waals surface area contributed by atoms with E-state index in [9.17, 15) is 13.2 Å². The summed E-state index contributed by atoms with van der Waals surface area (Å²) in [4.78, 5) is 14.8. The van der Waals surface area contributed by atoms with Crippen molar-refractivity contribution in [1.29, 1.82) is 0 Å². The van der Waals surface area contributed by atoms with Crippen LogP contribution in [0, 0.1) is 0 Å². The number of thiol groups is 1. The molecule has 1 amide bonds. The van der Waals surface area contributed by atoms with Crippen molar-refractivity contribution in [1.82, 2.24) is 4.90 Å². The smallest absolute Gasteiger partial charge is 0.254 e. The standard InChI is InChI=1S/C13H17NO3S3/c1-2-20(16,17)12-9-19-8-7-14(12)13(15)10-3-5-11(18)6-4-10/h3-6,12,18H,2,7-9H2,1H3. The number of amides is 1. The predicted molar refractivity (Wildman–Crippen MR) is 85.3 cm³/mol. The van der Waals surface area contributed by atoms with Crippen LogP contribution < -0.4 is 0 Å². The van der Waals surface area contributed by atoms with Gasteiger partial charge in [-0.05, 0) is 24.3 Å². The summed E-state index contributed by atoms with van der Waals surface area (Å²) in [5.74, 6) is 1.05. The van der Waals surface area contributed by atoms with Crippen molar-refractivity contribution in [2.45, 2.75) is 17.2 Å². The first-order valence-electron chi connectivity index (χ1n) is 6.35. The second-order valence-electron chi connectivity index (χ2n) is 4.53. The Hall–Kier alpha value is -0.660. The molecule has 1 fully saturated rings. The van der Waals surface area contributed by atoms with Gasteiger partial charge in [-0.1, -0.05) is 6.92 Å². The molecule has 7 heteroatoms. The summed E-state index contributed by atoms with van der Waals surface area (Å²) < 4.78 is 24.3. The molecule has 1 unspecified atom stereocenters. The van der Waals surface area contributed by atoms with Gasteiger partial charge in [-0.2, -0.15) is 11.8 Å². The van der Waals surface area contributed by atoms with E-state index >= 15 is 0 Å². The number of rotatable bonds is 3. The Morgan fingerprint density at radius 3 is 2.65 bits per heavy atom. The van der Waals surface area contributed by atoms with E-state index in [0.717, 1.165) is 10.6 Å². The van der Waals surface area contributed by atoms with Gasteiger partial charge in [0.1, 0.15) is 5.37 Å². The van der Waals surface area contributed by atoms with E-state index in [4.69, 9.17) is 0 Å². The van der Waals surface area contributed by atoms with Crippen LogP contribution in [0.4, 0.5) is 0 Å². The Bertz CT molecular complexity index is 583. The maximum absolute atomic E-state index is 12.5. The van der Waals surface area contributed by atoms with Crippen LogP contribution in [0.3, 0.4) is 0 Å². The minimum absolute atomic E-state index is 0.0532. The van der Waals surface area contributed by atoms with Crippen LogP contribution in [-0.4, -0.2) is 48.4 Å². The van der Waals surface area contributed by atoms with Gasteiger partial charge in [0.15, 0.2) is 9.84 Å². The number of thioether (sulfide) groups is 1. The van der Waals surface area contributed by atoms with E-state index in [1.165, 1.54) is 4.90 Å². The van der Waals surface area contributed by atoms with Crippen molar-refractivity contribution in [3.63, 3.8) is 0 Å². The summed E-state index contributed by atoms with van der Waals surface area (Å²) in [6, 6.07) is 6.83. The summed E-state index contributed by atoms with van der Waals surface area (Å²) >= 11 is 5.76. The van der Waals surface area contributed by atoms with Crippen LogP contribution in [0.5, 0.6) is 0 Å². The molecule has 1 saturated heterocycles. The zero-order valence-corrected chi connectivity index (χ0v) is 13.7. The maximum atomic E-state index is 12.5. The molecule has 1 aliphatic rings. The van der Waals surface area contributed by atoms with E-state index in [0.29, 0.717) is 17.9 Å². The van der Waals surface area contributed by atoms with Crippen LogP contribution in [0.25, 0.3) is 0 Å². The highest BCUT2D eigenvalue weighted by atomic mass is 32.2. The van der Waals surface area contributed by atoms with Gasteiger partial charge in [-0.15, -0.1) is 12.6 Å². The van der Waals surface area contributed by atoms with Crippen LogP contribution in [0.1, 0.15) is 17.3 Å². The molecule has 0 N–H and O–H groups in total. The molecule has 1 aromatic carbocycles. The van der Waals surface area contributed by atoms with Crippen molar-refractivity contribution in [2.75, 3.05) is 23.8 Å². The minimum Gasteiger partial charge on any atom is -0.320 e. The molecular formula is C13H17NO3S3. The van der Waals surface area contributed by atoms with E-state index in [2.05, 4.69) is 12.6 Å². The van der Waals surface area contributed by atoms with Crippen molar-refractivity contribution < 1.29 is 13.2 Å². The van der Waals surface area contributed by atoms with Crippen molar-refractivity contribution >= 4 is 40.1 Å². The monoisotopic (exact) mass is 331 g/mol. The van der Waals surface area contributed by atoms with Crippen LogP contribution in [-0.2, 0) is 9.84 Å². The number of benzene rings is 1. The van der Waals surface area contributed by atoms with E-state index in [1.807, 2.05) is 0 Å². The molecule has 0 spiro atoms. The van der Waals surface area contributed by atoms with Crippen molar-refractivity contribution in [3.05, 3.63) is 29.8 Å². The predicted octanol–water partition coefficient (Wildman–Crippen LogP) is 1.93. The second-order valence-corrected chi connectivity index (χ2v) is 8.64. The summed E-state index contributed by atoms with van der Waals surface area (Å²) in [6.07, 6.45) is 0. The number of hydrogen-bond acceptors (Lipinski definition) is 5. The third-order valence-electron chi connectivity index (χ3n) is 3.28. The lowest BCUT2D eigenvalue weighted by Gasteiger charge is -2.34. The summed E-state index contributed by atoms with van der Waals surface area (Å²) in [5.41, 5.74) is 0.506. The van der Waals surface area contributed by atoms with Gasteiger partial charge in [-0.25, -0.2) is 8.42 Å². The minimum atomic E-state index is -3.26. The fourth-order valence-electron chi connectivity index (χ4n) is 2.07. The van der Waals surface area contributed by atoms with Crippen LogP contribution >= 0.6 is 24.4 Å². The quantitative estimate of drug-likeness (QED) is 0.860. The lowest BCUT2D eigenvalue weighted by atomic mass is 10.2. The average Bonchev–Trinajstić information content (AvgIpc) is 2.47. The lowest BCUT2D eigenvalue weighted by Crippen LogP contribution is -2.50. The molecule has 1 heterocycles. The van der Waals surface area contributed by atoms with E-state index in [-0.39, 0.29) is 11.7 Å². The fourth-order valence-corrected chi connectivity index (χ4v) is 5.19. The molecule has 4 nitrogen and oxygen atoms in total. The topological polar surface area (TPSA) is 54.5 Å². The molecule has 0 aromatic heterocycles. The summed E-state index contributed by atoms with van der Waals surface area (Å²) in [5, 5.41) is -0.713. The molecule has 1 aliphatic heterocycles. The van der Waals surface area contributed by atoms with Gasteiger partial charge in [0.2, 0.25) is 0 Å². The summed E-state index contributed by atoms with van der Waals surface area (Å²) in [6.45, 7) is 2.09. The molecule has 0 aliphatic carbocycles. The van der Waals surface area contributed by atoms with Gasteiger partial charge in [0, 0.05) is 34.3 Å². The third-order valence-corrected chi connectivity index (χ3v) is 6.86. The van der Waals surface area contributed by atoms with E-state index < -0.39 is 15.2 Å². The van der Waals surface area contributed by atoms with E-state index in [1.54, 1.807) is 43.0 Å². The number of carbonyl (C=O) groups excluding carboxylic acids is 1. The van der Waals surface area contributed by atoms with Crippen molar-refractivity contribution in [2.24, 2.45) is 0 Å². The molecule has 20 heavy (non-hydrogen) atoms. The number of nitrogens with zero attached hydrogens (tertiary/aromatic N) is 1. The van der Waals surface area contributed by atoms with Crippen LogP contribution in [0.2, 0.25) is 0 Å². The Morgan fingerprint density at radius 2 is 2.05 bits per heavy atom. The molecule has 1 aromatic rings. The maximum Gasteiger partial charge on any atom is 0.254 e. The molecule has 2 rings (SSSR count). The molecule has 110 valence electrons. The highest BCUT2D eigenvalue weighted by molar-refractivity contribution is 8.01. The second kappa shape index (κ2) is 6.41. The Labute approximate surface area is 129 Å². The lowest BCUT2D eigenvalue weighted by molar-refractivity contribution is 0.0749. The van der Waals surface area contributed by atoms with Gasteiger partial charge in [-0.3, -0.25) is 4.79 Å². The SMILES string of the molecule is CCS(=O)(=O)C1CSCCN1C(=O)c1ccc(S)cc1. The van der Waals surface area contributed by atoms with Gasteiger partial charge in [0.05, 0.1) is 0 Å². The highest BCUT2D eigenvalue weighted by Gasteiger charge is 2.35. The Balaban J connectivity index is 2.28. The normalized spacial score (nSPS) is 19.9. The number of sulfone groups is 1. The third kappa shape index (κ3) is 3.32. The fraction of sp³-hybridized carbons (Fsp3) is 0.462. The molecule has 0 bridgehead atoms. The number of carbonyl (C=O) groups is 1. The van der Waals surface area contributed by atoms with Crippen LogP contribution in [0.15, 0.2) is 29.2 Å². The Kier molecular flexibility index (Phi) is 5.04. The molecule has 1 atom stereocenters. The first-order chi connectivity index (χ1) is 9.45. The van der Waals surface area contributed by atoms with Gasteiger partial charge < -0.3 is 4.90 Å². The highest BCUT2D eigenvalue weighted by Crippen LogP contribution is 2.23.